The minimum Gasteiger partial charge on any atom is -0.748 e. The van der Waals surface area contributed by atoms with Crippen LogP contribution in [0.4, 0.5) is 0 Å². The van der Waals surface area contributed by atoms with Gasteiger partial charge in [0.05, 0.1) is 29.5 Å². The van der Waals surface area contributed by atoms with Gasteiger partial charge in [-0.3, -0.25) is 4.79 Å². The highest BCUT2D eigenvalue weighted by atomic mass is 32.2. The van der Waals surface area contributed by atoms with E-state index in [1.165, 1.54) is 17.2 Å². The van der Waals surface area contributed by atoms with E-state index in [0.717, 1.165) is 30.5 Å². The Balaban J connectivity index is 0.000000328. The van der Waals surface area contributed by atoms with Crippen LogP contribution in [0.5, 0.6) is 0 Å². The minimum absolute atomic E-state index is 0.102. The third kappa shape index (κ3) is 12.1. The highest BCUT2D eigenvalue weighted by Crippen LogP contribution is 2.18. The highest BCUT2D eigenvalue weighted by molar-refractivity contribution is 7.84. The van der Waals surface area contributed by atoms with Crippen molar-refractivity contribution in [3.8, 4) is 0 Å². The molecule has 0 aliphatic heterocycles. The first-order valence-corrected chi connectivity index (χ1v) is 13.1. The van der Waals surface area contributed by atoms with Crippen LogP contribution in [0.15, 0.2) is 104 Å². The molecule has 0 saturated heterocycles. The molecule has 0 fully saturated rings. The van der Waals surface area contributed by atoms with Crippen LogP contribution in [-0.2, 0) is 33.8 Å². The number of amides is 1. The van der Waals surface area contributed by atoms with Crippen molar-refractivity contribution in [3.63, 3.8) is 0 Å². The molecule has 0 aromatic heterocycles. The average Bonchev–Trinajstić information content (AvgIpc) is 2.83. The van der Waals surface area contributed by atoms with Gasteiger partial charge in [0.15, 0.2) is 0 Å². The molecule has 0 bridgehead atoms. The Morgan fingerprint density at radius 2 is 1.29 bits per heavy atom. The first-order chi connectivity index (χ1) is 16.7. The van der Waals surface area contributed by atoms with E-state index in [1.807, 2.05) is 0 Å². The van der Waals surface area contributed by atoms with E-state index in [1.54, 1.807) is 30.3 Å². The summed E-state index contributed by atoms with van der Waals surface area (Å²) in [6, 6.07) is 29.6. The number of rotatable bonds is 11. The second-order valence-corrected chi connectivity index (χ2v) is 10.1. The normalized spacial score (nSPS) is 11.1. The van der Waals surface area contributed by atoms with E-state index >= 15 is 0 Å². The van der Waals surface area contributed by atoms with Crippen LogP contribution in [0.3, 0.4) is 0 Å². The van der Waals surface area contributed by atoms with Crippen LogP contribution in [0, 0.1) is 0 Å². The standard InChI is InChI=1S/C21H26N2O.C7H8O3S/c1-3-21(24)22-15-10-16-23(2,17-19-11-6-4-7-12-19)18-20-13-8-5-9-14-20;8-11(9,10)6-7-4-2-1-3-5-7/h3-9,11-14H,1,10,15-18H2,2H3;1-5H,6H2,(H,8,9,10). The molecular weight excluding hydrogens is 460 g/mol. The largest absolute Gasteiger partial charge is 0.748 e. The van der Waals surface area contributed by atoms with E-state index in [9.17, 15) is 17.8 Å². The van der Waals surface area contributed by atoms with Crippen molar-refractivity contribution in [1.82, 2.24) is 5.32 Å². The quantitative estimate of drug-likeness (QED) is 0.187. The minimum atomic E-state index is -4.13. The summed E-state index contributed by atoms with van der Waals surface area (Å²) in [4.78, 5) is 11.3. The molecule has 0 saturated carbocycles. The fraction of sp³-hybridized carbons (Fsp3) is 0.250. The van der Waals surface area contributed by atoms with Crippen molar-refractivity contribution < 1.29 is 22.2 Å². The van der Waals surface area contributed by atoms with E-state index in [4.69, 9.17) is 0 Å². The first-order valence-electron chi connectivity index (χ1n) is 11.5. The lowest BCUT2D eigenvalue weighted by atomic mass is 10.1. The summed E-state index contributed by atoms with van der Waals surface area (Å²) in [7, 11) is -1.84. The van der Waals surface area contributed by atoms with Gasteiger partial charge in [0.2, 0.25) is 5.91 Å². The smallest absolute Gasteiger partial charge is 0.243 e. The maximum absolute atomic E-state index is 11.3. The lowest BCUT2D eigenvalue weighted by molar-refractivity contribution is -0.935. The summed E-state index contributed by atoms with van der Waals surface area (Å²) in [6.07, 6.45) is 2.26. The van der Waals surface area contributed by atoms with Crippen LogP contribution in [0.25, 0.3) is 0 Å². The van der Waals surface area contributed by atoms with Gasteiger partial charge in [0, 0.05) is 24.1 Å². The maximum atomic E-state index is 11.3. The summed E-state index contributed by atoms with van der Waals surface area (Å²) in [5, 5.41) is 2.87. The molecule has 1 N–H and O–H groups in total. The molecule has 186 valence electrons. The van der Waals surface area contributed by atoms with Crippen molar-refractivity contribution in [2.75, 3.05) is 20.1 Å². The molecule has 3 aromatic rings. The Morgan fingerprint density at radius 1 is 0.857 bits per heavy atom. The maximum Gasteiger partial charge on any atom is 0.243 e. The van der Waals surface area contributed by atoms with Crippen LogP contribution < -0.4 is 5.32 Å². The Kier molecular flexibility index (Phi) is 11.4. The summed E-state index contributed by atoms with van der Waals surface area (Å²) in [5.41, 5.74) is 3.21. The first kappa shape index (κ1) is 28.0. The molecule has 6 nitrogen and oxygen atoms in total. The third-order valence-electron chi connectivity index (χ3n) is 5.36. The predicted octanol–water partition coefficient (Wildman–Crippen LogP) is 4.26. The molecule has 0 unspecified atom stereocenters. The predicted molar refractivity (Wildman–Crippen MR) is 139 cm³/mol. The third-order valence-corrected chi connectivity index (χ3v) is 6.05. The molecule has 0 aliphatic carbocycles. The highest BCUT2D eigenvalue weighted by Gasteiger charge is 2.22. The molecule has 0 atom stereocenters. The zero-order chi connectivity index (χ0) is 25.6. The second-order valence-electron chi connectivity index (χ2n) is 8.67. The van der Waals surface area contributed by atoms with E-state index in [0.29, 0.717) is 12.1 Å². The van der Waals surface area contributed by atoms with Crippen LogP contribution in [0.1, 0.15) is 23.1 Å². The van der Waals surface area contributed by atoms with Gasteiger partial charge >= 0.3 is 0 Å². The number of quaternary nitrogens is 1. The number of hydrogen-bond acceptors (Lipinski definition) is 4. The average molecular weight is 495 g/mol. The summed E-state index contributed by atoms with van der Waals surface area (Å²) < 4.78 is 31.6. The molecule has 0 aliphatic rings. The number of carbonyl (C=O) groups excluding carboxylic acids is 1. The van der Waals surface area contributed by atoms with Crippen molar-refractivity contribution >= 4 is 16.0 Å². The van der Waals surface area contributed by atoms with E-state index in [2.05, 4.69) is 79.6 Å². The van der Waals surface area contributed by atoms with E-state index in [-0.39, 0.29) is 5.91 Å². The Hall–Kier alpha value is -3.26. The van der Waals surface area contributed by atoms with E-state index < -0.39 is 15.9 Å². The lowest BCUT2D eigenvalue weighted by Crippen LogP contribution is -2.44. The van der Waals surface area contributed by atoms with Crippen LogP contribution in [0.2, 0.25) is 0 Å². The van der Waals surface area contributed by atoms with Gasteiger partial charge in [-0.2, -0.15) is 0 Å². The Labute approximate surface area is 209 Å². The SMILES string of the molecule is C=CC(=O)NCCC[N+](C)(Cc1ccccc1)Cc1ccccc1.O=S(=O)([O-])Cc1ccccc1. The molecule has 0 radical (unpaired) electrons. The number of benzene rings is 3. The van der Waals surface area contributed by atoms with Gasteiger partial charge in [0.1, 0.15) is 13.1 Å². The van der Waals surface area contributed by atoms with Gasteiger partial charge in [-0.15, -0.1) is 0 Å². The van der Waals surface area contributed by atoms with Gasteiger partial charge < -0.3 is 14.4 Å². The zero-order valence-electron chi connectivity index (χ0n) is 20.2. The number of nitrogens with one attached hydrogen (secondary N) is 1. The lowest BCUT2D eigenvalue weighted by Gasteiger charge is -2.35. The molecule has 0 heterocycles. The number of carbonyl (C=O) groups is 1. The van der Waals surface area contributed by atoms with Crippen molar-refractivity contribution in [3.05, 3.63) is 120 Å². The fourth-order valence-corrected chi connectivity index (χ4v) is 4.39. The molecule has 7 heteroatoms. The van der Waals surface area contributed by atoms with Crippen LogP contribution >= 0.6 is 0 Å². The molecular formula is C28H34N2O4S. The second kappa shape index (κ2) is 14.2. The fourth-order valence-electron chi connectivity index (χ4n) is 3.79. The molecule has 3 aromatic carbocycles. The number of hydrogen-bond donors (Lipinski definition) is 1. The Morgan fingerprint density at radius 3 is 1.69 bits per heavy atom. The van der Waals surface area contributed by atoms with Crippen LogP contribution in [-0.4, -0.2) is 43.5 Å². The zero-order valence-corrected chi connectivity index (χ0v) is 21.0. The van der Waals surface area contributed by atoms with Crippen molar-refractivity contribution in [2.45, 2.75) is 25.3 Å². The van der Waals surface area contributed by atoms with Crippen molar-refractivity contribution in [1.29, 1.82) is 0 Å². The Bertz CT molecular complexity index is 1090. The molecule has 1 amide bonds. The summed E-state index contributed by atoms with van der Waals surface area (Å²) in [5.74, 6) is -0.524. The van der Waals surface area contributed by atoms with Gasteiger partial charge in [0.25, 0.3) is 0 Å². The summed E-state index contributed by atoms with van der Waals surface area (Å²) >= 11 is 0. The molecule has 3 rings (SSSR count). The molecule has 35 heavy (non-hydrogen) atoms. The summed E-state index contributed by atoms with van der Waals surface area (Å²) in [6.45, 7) is 7.12. The van der Waals surface area contributed by atoms with Crippen molar-refractivity contribution in [2.24, 2.45) is 0 Å². The number of nitrogens with zero attached hydrogens (tertiary/aromatic N) is 1. The molecule has 0 spiro atoms. The van der Waals surface area contributed by atoms with Gasteiger partial charge in [-0.25, -0.2) is 8.42 Å². The van der Waals surface area contributed by atoms with Gasteiger partial charge in [-0.05, 0) is 11.6 Å². The monoisotopic (exact) mass is 494 g/mol. The van der Waals surface area contributed by atoms with Gasteiger partial charge in [-0.1, -0.05) is 97.6 Å². The topological polar surface area (TPSA) is 86.3 Å².